The lowest BCUT2D eigenvalue weighted by Crippen LogP contribution is -2.49. The van der Waals surface area contributed by atoms with Crippen molar-refractivity contribution >= 4 is 30.7 Å². The van der Waals surface area contributed by atoms with E-state index in [4.69, 9.17) is 0 Å². The lowest BCUT2D eigenvalue weighted by atomic mass is 10.0. The summed E-state index contributed by atoms with van der Waals surface area (Å²) in [5, 5.41) is 3.39. The SMILES string of the molecule is Cl.Cl.O=C(CCC1CCNC1)N1CCCC(N2CCCC2)C1. The number of carbonyl (C=O) groups is 1. The van der Waals surface area contributed by atoms with E-state index in [0.29, 0.717) is 11.9 Å². The molecule has 0 spiro atoms. The smallest absolute Gasteiger partial charge is 0.222 e. The summed E-state index contributed by atoms with van der Waals surface area (Å²) in [4.78, 5) is 17.2. The first-order chi connectivity index (χ1) is 9.83. The zero-order chi connectivity index (χ0) is 13.8. The predicted molar refractivity (Wildman–Crippen MR) is 95.1 cm³/mol. The van der Waals surface area contributed by atoms with Gasteiger partial charge in [-0.1, -0.05) is 0 Å². The van der Waals surface area contributed by atoms with Gasteiger partial charge in [0.1, 0.15) is 0 Å². The summed E-state index contributed by atoms with van der Waals surface area (Å²) >= 11 is 0. The van der Waals surface area contributed by atoms with Crippen LogP contribution in [0.2, 0.25) is 0 Å². The maximum atomic E-state index is 12.4. The van der Waals surface area contributed by atoms with Crippen LogP contribution in [0.25, 0.3) is 0 Å². The van der Waals surface area contributed by atoms with E-state index >= 15 is 0 Å². The van der Waals surface area contributed by atoms with Crippen LogP contribution in [-0.2, 0) is 4.79 Å². The molecule has 0 aliphatic carbocycles. The number of amides is 1. The van der Waals surface area contributed by atoms with Gasteiger partial charge in [0.05, 0.1) is 0 Å². The molecule has 0 bridgehead atoms. The maximum Gasteiger partial charge on any atom is 0.222 e. The molecule has 1 amide bonds. The molecule has 2 unspecified atom stereocenters. The van der Waals surface area contributed by atoms with Crippen LogP contribution in [0.1, 0.15) is 44.9 Å². The van der Waals surface area contributed by atoms with Crippen LogP contribution in [0.5, 0.6) is 0 Å². The van der Waals surface area contributed by atoms with Crippen LogP contribution in [0.15, 0.2) is 0 Å². The fourth-order valence-corrected chi connectivity index (χ4v) is 4.03. The summed E-state index contributed by atoms with van der Waals surface area (Å²) in [5.41, 5.74) is 0. The molecule has 4 nitrogen and oxygen atoms in total. The Kier molecular flexibility index (Phi) is 9.07. The van der Waals surface area contributed by atoms with E-state index in [1.165, 1.54) is 45.2 Å². The Morgan fingerprint density at radius 1 is 1.05 bits per heavy atom. The summed E-state index contributed by atoms with van der Waals surface area (Å²) in [6.45, 7) is 6.73. The topological polar surface area (TPSA) is 35.6 Å². The Balaban J connectivity index is 0.00000121. The zero-order valence-electron chi connectivity index (χ0n) is 13.5. The van der Waals surface area contributed by atoms with Crippen molar-refractivity contribution in [3.63, 3.8) is 0 Å². The van der Waals surface area contributed by atoms with E-state index in [-0.39, 0.29) is 24.8 Å². The highest BCUT2D eigenvalue weighted by molar-refractivity contribution is 5.85. The van der Waals surface area contributed by atoms with Crippen LogP contribution < -0.4 is 5.32 Å². The largest absolute Gasteiger partial charge is 0.341 e. The molecule has 6 heteroatoms. The van der Waals surface area contributed by atoms with Crippen molar-refractivity contribution in [3.05, 3.63) is 0 Å². The standard InChI is InChI=1S/C16H29N3O.2ClH/c20-16(6-5-14-7-8-17-12-14)19-11-3-4-15(13-19)18-9-1-2-10-18;;/h14-15,17H,1-13H2;2*1H. The molecule has 0 aromatic heterocycles. The molecule has 22 heavy (non-hydrogen) atoms. The van der Waals surface area contributed by atoms with E-state index in [1.807, 2.05) is 0 Å². The van der Waals surface area contributed by atoms with Crippen LogP contribution in [-0.4, -0.2) is 61.0 Å². The highest BCUT2D eigenvalue weighted by atomic mass is 35.5. The van der Waals surface area contributed by atoms with Gasteiger partial charge in [0, 0.05) is 25.6 Å². The molecule has 3 fully saturated rings. The third-order valence-electron chi connectivity index (χ3n) is 5.34. The van der Waals surface area contributed by atoms with Crippen molar-refractivity contribution in [1.29, 1.82) is 0 Å². The highest BCUT2D eigenvalue weighted by Crippen LogP contribution is 2.22. The molecule has 0 radical (unpaired) electrons. The number of likely N-dealkylation sites (tertiary alicyclic amines) is 2. The molecule has 0 saturated carbocycles. The van der Waals surface area contributed by atoms with E-state index < -0.39 is 0 Å². The number of nitrogens with one attached hydrogen (secondary N) is 1. The molecule has 130 valence electrons. The van der Waals surface area contributed by atoms with Crippen molar-refractivity contribution in [2.75, 3.05) is 39.3 Å². The van der Waals surface area contributed by atoms with Crippen LogP contribution >= 0.6 is 24.8 Å². The predicted octanol–water partition coefficient (Wildman–Crippen LogP) is 2.31. The third kappa shape index (κ3) is 5.26. The Labute approximate surface area is 147 Å². The van der Waals surface area contributed by atoms with Gasteiger partial charge in [-0.3, -0.25) is 9.69 Å². The molecule has 3 saturated heterocycles. The number of hydrogen-bond acceptors (Lipinski definition) is 3. The molecule has 0 aromatic rings. The number of halogens is 2. The van der Waals surface area contributed by atoms with Crippen molar-refractivity contribution in [1.82, 2.24) is 15.1 Å². The molecule has 3 aliphatic rings. The second-order valence-corrected chi connectivity index (χ2v) is 6.78. The first-order valence-electron chi connectivity index (χ1n) is 8.55. The fourth-order valence-electron chi connectivity index (χ4n) is 4.03. The van der Waals surface area contributed by atoms with Crippen LogP contribution in [0.4, 0.5) is 0 Å². The first-order valence-corrected chi connectivity index (χ1v) is 8.55. The third-order valence-corrected chi connectivity index (χ3v) is 5.34. The second kappa shape index (κ2) is 9.96. The molecule has 0 aromatic carbocycles. The van der Waals surface area contributed by atoms with Gasteiger partial charge in [0.2, 0.25) is 5.91 Å². The summed E-state index contributed by atoms with van der Waals surface area (Å²) in [6.07, 6.45) is 8.27. The Morgan fingerprint density at radius 3 is 2.50 bits per heavy atom. The minimum Gasteiger partial charge on any atom is -0.341 e. The van der Waals surface area contributed by atoms with E-state index in [0.717, 1.165) is 44.9 Å². The van der Waals surface area contributed by atoms with E-state index in [9.17, 15) is 4.79 Å². The Hall–Kier alpha value is -0.0300. The minimum atomic E-state index is 0. The van der Waals surface area contributed by atoms with Crippen molar-refractivity contribution < 1.29 is 4.79 Å². The van der Waals surface area contributed by atoms with Gasteiger partial charge >= 0.3 is 0 Å². The lowest BCUT2D eigenvalue weighted by Gasteiger charge is -2.37. The van der Waals surface area contributed by atoms with Crippen molar-refractivity contribution in [2.24, 2.45) is 5.92 Å². The normalized spacial score (nSPS) is 29.0. The van der Waals surface area contributed by atoms with E-state index in [1.54, 1.807) is 0 Å². The lowest BCUT2D eigenvalue weighted by molar-refractivity contribution is -0.133. The number of nitrogens with zero attached hydrogens (tertiary/aromatic N) is 2. The minimum absolute atomic E-state index is 0. The maximum absolute atomic E-state index is 12.4. The van der Waals surface area contributed by atoms with Gasteiger partial charge in [-0.2, -0.15) is 0 Å². The van der Waals surface area contributed by atoms with Gasteiger partial charge < -0.3 is 10.2 Å². The zero-order valence-corrected chi connectivity index (χ0v) is 15.1. The van der Waals surface area contributed by atoms with E-state index in [2.05, 4.69) is 15.1 Å². The number of hydrogen-bond donors (Lipinski definition) is 1. The van der Waals surface area contributed by atoms with Crippen molar-refractivity contribution in [2.45, 2.75) is 51.0 Å². The molecule has 3 rings (SSSR count). The summed E-state index contributed by atoms with van der Waals surface area (Å²) in [7, 11) is 0. The summed E-state index contributed by atoms with van der Waals surface area (Å²) in [5.74, 6) is 1.14. The molecular formula is C16H31Cl2N3O. The summed E-state index contributed by atoms with van der Waals surface area (Å²) < 4.78 is 0. The van der Waals surface area contributed by atoms with Gasteiger partial charge in [0.25, 0.3) is 0 Å². The van der Waals surface area contributed by atoms with Gasteiger partial charge in [0.15, 0.2) is 0 Å². The second-order valence-electron chi connectivity index (χ2n) is 6.78. The highest BCUT2D eigenvalue weighted by Gasteiger charge is 2.29. The Morgan fingerprint density at radius 2 is 1.82 bits per heavy atom. The quantitative estimate of drug-likeness (QED) is 0.843. The van der Waals surface area contributed by atoms with Gasteiger partial charge in [-0.05, 0) is 70.6 Å². The average Bonchev–Trinajstić information content (AvgIpc) is 3.18. The molecule has 2 atom stereocenters. The number of carbonyl (C=O) groups excluding carboxylic acids is 1. The van der Waals surface area contributed by atoms with Crippen LogP contribution in [0.3, 0.4) is 0 Å². The Bertz CT molecular complexity index is 331. The fraction of sp³-hybridized carbons (Fsp3) is 0.938. The first kappa shape index (κ1) is 20.0. The average molecular weight is 352 g/mol. The summed E-state index contributed by atoms with van der Waals surface area (Å²) in [6, 6.07) is 0.642. The molecular weight excluding hydrogens is 321 g/mol. The molecule has 3 heterocycles. The molecule has 3 aliphatic heterocycles. The van der Waals surface area contributed by atoms with Crippen molar-refractivity contribution in [3.8, 4) is 0 Å². The number of piperidine rings is 1. The van der Waals surface area contributed by atoms with Gasteiger partial charge in [-0.25, -0.2) is 0 Å². The molecule has 1 N–H and O–H groups in total. The number of rotatable bonds is 4. The van der Waals surface area contributed by atoms with Crippen LogP contribution in [0, 0.1) is 5.92 Å². The monoisotopic (exact) mass is 351 g/mol. The van der Waals surface area contributed by atoms with Gasteiger partial charge in [-0.15, -0.1) is 24.8 Å².